The molecule has 2 aromatic rings. The number of hydrogen-bond acceptors (Lipinski definition) is 7. The fourth-order valence-electron chi connectivity index (χ4n) is 2.63. The molecule has 0 unspecified atom stereocenters. The second kappa shape index (κ2) is 7.52. The molecule has 3 rings (SSSR count). The van der Waals surface area contributed by atoms with Gasteiger partial charge in [0.15, 0.2) is 5.82 Å². The molecule has 9 heteroatoms. The summed E-state index contributed by atoms with van der Waals surface area (Å²) in [5, 5.41) is 17.6. The lowest BCUT2D eigenvalue weighted by atomic mass is 10.2. The minimum absolute atomic E-state index is 0.0806. The third-order valence-electron chi connectivity index (χ3n) is 3.89. The Morgan fingerprint density at radius 1 is 1.24 bits per heavy atom. The molecule has 0 amide bonds. The van der Waals surface area contributed by atoms with Gasteiger partial charge in [-0.3, -0.25) is 0 Å². The van der Waals surface area contributed by atoms with Crippen molar-refractivity contribution in [2.75, 3.05) is 42.6 Å². The predicted octanol–water partition coefficient (Wildman–Crippen LogP) is 1.95. The number of rotatable bonds is 5. The number of aromatic carboxylic acids is 1. The van der Waals surface area contributed by atoms with Gasteiger partial charge in [-0.15, -0.1) is 10.2 Å². The van der Waals surface area contributed by atoms with Crippen molar-refractivity contribution in [3.8, 4) is 5.88 Å². The first-order valence-electron chi connectivity index (χ1n) is 7.93. The van der Waals surface area contributed by atoms with Gasteiger partial charge in [-0.2, -0.15) is 0 Å². The fraction of sp³-hybridized carbons (Fsp3) is 0.375. The highest BCUT2D eigenvalue weighted by molar-refractivity contribution is 6.33. The van der Waals surface area contributed by atoms with E-state index in [0.717, 1.165) is 18.9 Å². The van der Waals surface area contributed by atoms with E-state index in [1.54, 1.807) is 6.07 Å². The quantitative estimate of drug-likeness (QED) is 0.861. The standard InChI is InChI=1S/C16H18ClN5O3/c1-2-25-14-4-3-13(19-20-14)21-5-7-22(8-6-21)15-12(17)9-11(10-18-15)16(23)24/h3-4,9-10H,2,5-8H2,1H3,(H,23,24). The van der Waals surface area contributed by atoms with Gasteiger partial charge < -0.3 is 19.6 Å². The highest BCUT2D eigenvalue weighted by Gasteiger charge is 2.22. The Morgan fingerprint density at radius 2 is 1.96 bits per heavy atom. The molecule has 0 spiro atoms. The van der Waals surface area contributed by atoms with Gasteiger partial charge >= 0.3 is 5.97 Å². The third kappa shape index (κ3) is 3.90. The number of nitrogens with zero attached hydrogens (tertiary/aromatic N) is 5. The van der Waals surface area contributed by atoms with Gasteiger partial charge in [-0.1, -0.05) is 11.6 Å². The van der Waals surface area contributed by atoms with Crippen LogP contribution in [-0.2, 0) is 0 Å². The molecule has 0 aliphatic carbocycles. The van der Waals surface area contributed by atoms with Crippen molar-refractivity contribution in [2.45, 2.75) is 6.92 Å². The number of aromatic nitrogens is 3. The molecular formula is C16H18ClN5O3. The van der Waals surface area contributed by atoms with Crippen LogP contribution >= 0.6 is 11.6 Å². The highest BCUT2D eigenvalue weighted by atomic mass is 35.5. The first kappa shape index (κ1) is 17.2. The van der Waals surface area contributed by atoms with Crippen molar-refractivity contribution in [1.82, 2.24) is 15.2 Å². The second-order valence-corrected chi connectivity index (χ2v) is 5.88. The summed E-state index contributed by atoms with van der Waals surface area (Å²) in [6, 6.07) is 5.12. The molecule has 1 N–H and O–H groups in total. The van der Waals surface area contributed by atoms with E-state index in [4.69, 9.17) is 21.4 Å². The number of carboxylic acids is 1. The van der Waals surface area contributed by atoms with Crippen LogP contribution < -0.4 is 14.5 Å². The Labute approximate surface area is 150 Å². The summed E-state index contributed by atoms with van der Waals surface area (Å²) in [6.45, 7) is 5.34. The van der Waals surface area contributed by atoms with Crippen LogP contribution in [0, 0.1) is 0 Å². The van der Waals surface area contributed by atoms with E-state index in [1.165, 1.54) is 12.3 Å². The lowest BCUT2D eigenvalue weighted by Crippen LogP contribution is -2.47. The van der Waals surface area contributed by atoms with Gasteiger partial charge in [0.1, 0.15) is 5.82 Å². The molecule has 0 aromatic carbocycles. The van der Waals surface area contributed by atoms with Crippen LogP contribution in [0.1, 0.15) is 17.3 Å². The molecule has 2 aromatic heterocycles. The summed E-state index contributed by atoms with van der Waals surface area (Å²) in [5.41, 5.74) is 0.0806. The Bertz CT molecular complexity index is 748. The number of ether oxygens (including phenoxy) is 1. The lowest BCUT2D eigenvalue weighted by molar-refractivity contribution is 0.0696. The van der Waals surface area contributed by atoms with E-state index >= 15 is 0 Å². The maximum Gasteiger partial charge on any atom is 0.337 e. The summed E-state index contributed by atoms with van der Waals surface area (Å²) < 4.78 is 5.30. The van der Waals surface area contributed by atoms with Gasteiger partial charge in [0.2, 0.25) is 5.88 Å². The molecule has 1 aliphatic rings. The largest absolute Gasteiger partial charge is 0.478 e. The maximum atomic E-state index is 11.0. The van der Waals surface area contributed by atoms with Crippen molar-refractivity contribution in [3.05, 3.63) is 35.0 Å². The first-order chi connectivity index (χ1) is 12.1. The van der Waals surface area contributed by atoms with Gasteiger partial charge in [0.25, 0.3) is 0 Å². The normalized spacial score (nSPS) is 14.5. The number of piperazine rings is 1. The maximum absolute atomic E-state index is 11.0. The molecule has 1 fully saturated rings. The van der Waals surface area contributed by atoms with E-state index in [-0.39, 0.29) is 5.56 Å². The molecule has 1 saturated heterocycles. The molecule has 0 radical (unpaired) electrons. The van der Waals surface area contributed by atoms with Crippen molar-refractivity contribution in [2.24, 2.45) is 0 Å². The lowest BCUT2D eigenvalue weighted by Gasteiger charge is -2.36. The van der Waals surface area contributed by atoms with Crippen molar-refractivity contribution in [1.29, 1.82) is 0 Å². The van der Waals surface area contributed by atoms with E-state index in [9.17, 15) is 4.79 Å². The molecule has 3 heterocycles. The minimum atomic E-state index is -1.04. The summed E-state index contributed by atoms with van der Waals surface area (Å²) >= 11 is 6.19. The monoisotopic (exact) mass is 363 g/mol. The predicted molar refractivity (Wildman–Crippen MR) is 93.8 cm³/mol. The van der Waals surface area contributed by atoms with Crippen molar-refractivity contribution < 1.29 is 14.6 Å². The number of halogens is 1. The van der Waals surface area contributed by atoms with Crippen LogP contribution in [0.2, 0.25) is 5.02 Å². The van der Waals surface area contributed by atoms with Crippen molar-refractivity contribution >= 4 is 29.2 Å². The van der Waals surface area contributed by atoms with E-state index in [0.29, 0.717) is 36.4 Å². The number of carbonyl (C=O) groups is 1. The summed E-state index contributed by atoms with van der Waals surface area (Å²) in [6.07, 6.45) is 1.33. The summed E-state index contributed by atoms with van der Waals surface area (Å²) in [7, 11) is 0. The molecular weight excluding hydrogens is 346 g/mol. The smallest absolute Gasteiger partial charge is 0.337 e. The molecule has 25 heavy (non-hydrogen) atoms. The average Bonchev–Trinajstić information content (AvgIpc) is 2.63. The van der Waals surface area contributed by atoms with Crippen LogP contribution in [0.15, 0.2) is 24.4 Å². The number of anilines is 2. The number of hydrogen-bond donors (Lipinski definition) is 1. The van der Waals surface area contributed by atoms with Crippen LogP contribution in [0.4, 0.5) is 11.6 Å². The zero-order chi connectivity index (χ0) is 17.8. The molecule has 132 valence electrons. The molecule has 0 atom stereocenters. The molecule has 0 bridgehead atoms. The fourth-order valence-corrected chi connectivity index (χ4v) is 2.92. The Kier molecular flexibility index (Phi) is 5.18. The van der Waals surface area contributed by atoms with E-state index in [2.05, 4.69) is 20.1 Å². The van der Waals surface area contributed by atoms with Gasteiger partial charge in [-0.25, -0.2) is 9.78 Å². The van der Waals surface area contributed by atoms with E-state index < -0.39 is 5.97 Å². The Balaban J connectivity index is 1.64. The Hall–Kier alpha value is -2.61. The summed E-state index contributed by atoms with van der Waals surface area (Å²) in [5.74, 6) is 0.867. The third-order valence-corrected chi connectivity index (χ3v) is 4.17. The first-order valence-corrected chi connectivity index (χ1v) is 8.31. The second-order valence-electron chi connectivity index (χ2n) is 5.47. The molecule has 0 saturated carbocycles. The zero-order valence-corrected chi connectivity index (χ0v) is 14.5. The molecule has 1 aliphatic heterocycles. The topological polar surface area (TPSA) is 91.7 Å². The van der Waals surface area contributed by atoms with Crippen LogP contribution in [0.5, 0.6) is 5.88 Å². The number of pyridine rings is 1. The van der Waals surface area contributed by atoms with Gasteiger partial charge in [0.05, 0.1) is 17.2 Å². The highest BCUT2D eigenvalue weighted by Crippen LogP contribution is 2.26. The van der Waals surface area contributed by atoms with Crippen molar-refractivity contribution in [3.63, 3.8) is 0 Å². The van der Waals surface area contributed by atoms with Crippen LogP contribution in [0.3, 0.4) is 0 Å². The number of carboxylic acid groups (broad SMARTS) is 1. The van der Waals surface area contributed by atoms with Crippen LogP contribution in [0.25, 0.3) is 0 Å². The SMILES string of the molecule is CCOc1ccc(N2CCN(c3ncc(C(=O)O)cc3Cl)CC2)nn1. The Morgan fingerprint density at radius 3 is 2.52 bits per heavy atom. The van der Waals surface area contributed by atoms with E-state index in [1.807, 2.05) is 17.9 Å². The van der Waals surface area contributed by atoms with Gasteiger partial charge in [-0.05, 0) is 19.1 Å². The van der Waals surface area contributed by atoms with Gasteiger partial charge in [0, 0.05) is 38.4 Å². The molecule has 8 nitrogen and oxygen atoms in total. The zero-order valence-electron chi connectivity index (χ0n) is 13.7. The minimum Gasteiger partial charge on any atom is -0.478 e. The summed E-state index contributed by atoms with van der Waals surface area (Å²) in [4.78, 5) is 19.3. The van der Waals surface area contributed by atoms with Crippen LogP contribution in [-0.4, -0.2) is 59.0 Å². The average molecular weight is 364 g/mol.